The molecule has 0 aromatic heterocycles. The molecule has 204 valence electrons. The minimum absolute atomic E-state index is 0.101. The standard InChI is InChI=1S/C28H35N3O7/c1-4-12-29-26(32)25(27(33)30-13-5-2)31-15-20(18-8-11-21-22(14-18)38-16-37-21)23(28(34)35)24(31)17-6-9-19(36-3)10-7-17/h6-11,14,20,23-25H,4-5,12-13,15-16H2,1-3H3,(H,29,32)(H,30,33)(H,34,35). The molecule has 2 aromatic carbocycles. The average molecular weight is 526 g/mol. The number of ether oxygens (including phenoxy) is 3. The third-order valence-electron chi connectivity index (χ3n) is 7.03. The van der Waals surface area contributed by atoms with E-state index in [-0.39, 0.29) is 13.3 Å². The lowest BCUT2D eigenvalue weighted by Crippen LogP contribution is -2.55. The van der Waals surface area contributed by atoms with Gasteiger partial charge in [-0.25, -0.2) is 0 Å². The first kappa shape index (κ1) is 27.3. The minimum Gasteiger partial charge on any atom is -0.497 e. The molecule has 10 nitrogen and oxygen atoms in total. The van der Waals surface area contributed by atoms with Gasteiger partial charge in [0.25, 0.3) is 0 Å². The molecule has 3 N–H and O–H groups in total. The highest BCUT2D eigenvalue weighted by Gasteiger charge is 2.52. The van der Waals surface area contributed by atoms with Gasteiger partial charge in [0.15, 0.2) is 17.5 Å². The number of benzene rings is 2. The summed E-state index contributed by atoms with van der Waals surface area (Å²) in [5.74, 6) is -1.61. The van der Waals surface area contributed by atoms with Gasteiger partial charge in [0.2, 0.25) is 18.6 Å². The number of methoxy groups -OCH3 is 1. The summed E-state index contributed by atoms with van der Waals surface area (Å²) in [7, 11) is 1.55. The Balaban J connectivity index is 1.81. The average Bonchev–Trinajstić information content (AvgIpc) is 3.55. The number of rotatable bonds is 11. The number of hydrogen-bond donors (Lipinski definition) is 3. The Bertz CT molecular complexity index is 1130. The zero-order valence-corrected chi connectivity index (χ0v) is 21.9. The molecule has 3 atom stereocenters. The van der Waals surface area contributed by atoms with Gasteiger partial charge < -0.3 is 30.0 Å². The van der Waals surface area contributed by atoms with Crippen LogP contribution in [0, 0.1) is 5.92 Å². The van der Waals surface area contributed by atoms with E-state index in [1.165, 1.54) is 0 Å². The number of amides is 2. The summed E-state index contributed by atoms with van der Waals surface area (Å²) in [6, 6.07) is 10.5. The number of hydrogen-bond acceptors (Lipinski definition) is 7. The van der Waals surface area contributed by atoms with Crippen LogP contribution < -0.4 is 24.8 Å². The Morgan fingerprint density at radius 3 is 2.16 bits per heavy atom. The van der Waals surface area contributed by atoms with E-state index in [1.807, 2.05) is 19.9 Å². The second-order valence-electron chi connectivity index (χ2n) is 9.48. The number of carbonyl (C=O) groups is 3. The first-order chi connectivity index (χ1) is 18.4. The molecule has 0 radical (unpaired) electrons. The van der Waals surface area contributed by atoms with Crippen LogP contribution in [0.5, 0.6) is 17.2 Å². The molecule has 0 saturated carbocycles. The topological polar surface area (TPSA) is 126 Å². The minimum atomic E-state index is -1.21. The molecule has 0 aliphatic carbocycles. The van der Waals surface area contributed by atoms with E-state index in [0.717, 1.165) is 5.56 Å². The SMILES string of the molecule is CCCNC(=O)C(C(=O)NCCC)N1CC(c2ccc3c(c2)OCO3)C(C(=O)O)C1c1ccc(OC)cc1. The normalized spacial score (nSPS) is 20.4. The van der Waals surface area contributed by atoms with E-state index in [0.29, 0.717) is 48.7 Å². The van der Waals surface area contributed by atoms with E-state index >= 15 is 0 Å². The van der Waals surface area contributed by atoms with Crippen LogP contribution in [-0.2, 0) is 14.4 Å². The largest absolute Gasteiger partial charge is 0.497 e. The number of carbonyl (C=O) groups excluding carboxylic acids is 2. The number of nitrogens with zero attached hydrogens (tertiary/aromatic N) is 1. The predicted octanol–water partition coefficient (Wildman–Crippen LogP) is 2.69. The molecule has 0 spiro atoms. The molecule has 2 aromatic rings. The summed E-state index contributed by atoms with van der Waals surface area (Å²) >= 11 is 0. The van der Waals surface area contributed by atoms with Gasteiger partial charge in [-0.15, -0.1) is 0 Å². The molecule has 3 unspecified atom stereocenters. The van der Waals surface area contributed by atoms with Crippen LogP contribution in [0.25, 0.3) is 0 Å². The number of nitrogens with one attached hydrogen (secondary N) is 2. The zero-order valence-electron chi connectivity index (χ0n) is 21.9. The first-order valence-corrected chi connectivity index (χ1v) is 13.0. The molecule has 0 bridgehead atoms. The summed E-state index contributed by atoms with van der Waals surface area (Å²) in [6.45, 7) is 4.95. The van der Waals surface area contributed by atoms with Crippen molar-refractivity contribution in [2.75, 3.05) is 33.5 Å². The third-order valence-corrected chi connectivity index (χ3v) is 7.03. The maximum Gasteiger partial charge on any atom is 0.309 e. The van der Waals surface area contributed by atoms with Gasteiger partial charge in [-0.05, 0) is 48.2 Å². The van der Waals surface area contributed by atoms with Crippen LogP contribution in [0.3, 0.4) is 0 Å². The van der Waals surface area contributed by atoms with Crippen molar-refractivity contribution in [2.24, 2.45) is 5.92 Å². The second kappa shape index (κ2) is 12.2. The van der Waals surface area contributed by atoms with Crippen LogP contribution in [-0.4, -0.2) is 67.4 Å². The monoisotopic (exact) mass is 525 g/mol. The van der Waals surface area contributed by atoms with Crippen molar-refractivity contribution in [1.82, 2.24) is 15.5 Å². The third kappa shape index (κ3) is 5.55. The van der Waals surface area contributed by atoms with Gasteiger partial charge in [-0.3, -0.25) is 19.3 Å². The van der Waals surface area contributed by atoms with Crippen molar-refractivity contribution >= 4 is 17.8 Å². The molecule has 10 heteroatoms. The number of carboxylic acids is 1. The van der Waals surface area contributed by atoms with Gasteiger partial charge in [-0.1, -0.05) is 32.0 Å². The number of aliphatic carboxylic acids is 1. The molecule has 1 saturated heterocycles. The Morgan fingerprint density at radius 2 is 1.58 bits per heavy atom. The van der Waals surface area contributed by atoms with Crippen molar-refractivity contribution in [3.63, 3.8) is 0 Å². The Kier molecular flexibility index (Phi) is 8.73. The number of carboxylic acid groups (broad SMARTS) is 1. The Hall–Kier alpha value is -3.79. The summed E-state index contributed by atoms with van der Waals surface area (Å²) in [6.07, 6.45) is 1.41. The summed E-state index contributed by atoms with van der Waals surface area (Å²) in [4.78, 5) is 41.5. The maximum absolute atomic E-state index is 13.4. The lowest BCUT2D eigenvalue weighted by atomic mass is 9.82. The van der Waals surface area contributed by atoms with Crippen molar-refractivity contribution in [1.29, 1.82) is 0 Å². The summed E-state index contributed by atoms with van der Waals surface area (Å²) in [5.41, 5.74) is 1.42. The van der Waals surface area contributed by atoms with Crippen molar-refractivity contribution in [2.45, 2.75) is 44.7 Å². The lowest BCUT2D eigenvalue weighted by molar-refractivity contribution is -0.145. The molecule has 2 aliphatic heterocycles. The van der Waals surface area contributed by atoms with Crippen molar-refractivity contribution in [3.8, 4) is 17.2 Å². The van der Waals surface area contributed by atoms with Gasteiger partial charge in [0.05, 0.1) is 19.1 Å². The Morgan fingerprint density at radius 1 is 0.974 bits per heavy atom. The van der Waals surface area contributed by atoms with E-state index in [9.17, 15) is 19.5 Å². The van der Waals surface area contributed by atoms with E-state index in [1.54, 1.807) is 48.4 Å². The second-order valence-corrected chi connectivity index (χ2v) is 9.48. The Labute approximate surface area is 222 Å². The van der Waals surface area contributed by atoms with Gasteiger partial charge in [0.1, 0.15) is 5.75 Å². The fourth-order valence-corrected chi connectivity index (χ4v) is 5.22. The van der Waals surface area contributed by atoms with Crippen LogP contribution in [0.2, 0.25) is 0 Å². The highest BCUT2D eigenvalue weighted by molar-refractivity contribution is 6.04. The van der Waals surface area contributed by atoms with Crippen LogP contribution in [0.4, 0.5) is 0 Å². The first-order valence-electron chi connectivity index (χ1n) is 13.0. The number of fused-ring (bicyclic) bond motifs is 1. The molecule has 2 heterocycles. The van der Waals surface area contributed by atoms with Gasteiger partial charge in [-0.2, -0.15) is 0 Å². The predicted molar refractivity (Wildman–Crippen MR) is 139 cm³/mol. The highest BCUT2D eigenvalue weighted by Crippen LogP contribution is 2.48. The molecule has 38 heavy (non-hydrogen) atoms. The molecular weight excluding hydrogens is 490 g/mol. The molecule has 2 amide bonds. The van der Waals surface area contributed by atoms with Gasteiger partial charge >= 0.3 is 5.97 Å². The van der Waals surface area contributed by atoms with Crippen molar-refractivity contribution in [3.05, 3.63) is 53.6 Å². The number of likely N-dealkylation sites (tertiary alicyclic amines) is 1. The summed E-state index contributed by atoms with van der Waals surface area (Å²) < 4.78 is 16.3. The van der Waals surface area contributed by atoms with Crippen molar-refractivity contribution < 1.29 is 33.7 Å². The highest BCUT2D eigenvalue weighted by atomic mass is 16.7. The van der Waals surface area contributed by atoms with E-state index in [2.05, 4.69) is 10.6 Å². The molecular formula is C28H35N3O7. The quantitative estimate of drug-likeness (QED) is 0.382. The van der Waals surface area contributed by atoms with Crippen LogP contribution in [0.1, 0.15) is 49.8 Å². The molecule has 1 fully saturated rings. The zero-order chi connectivity index (χ0) is 27.2. The molecule has 4 rings (SSSR count). The lowest BCUT2D eigenvalue weighted by Gasteiger charge is -2.32. The molecule has 2 aliphatic rings. The smallest absolute Gasteiger partial charge is 0.309 e. The van der Waals surface area contributed by atoms with Crippen LogP contribution >= 0.6 is 0 Å². The van der Waals surface area contributed by atoms with Crippen LogP contribution in [0.15, 0.2) is 42.5 Å². The fraction of sp³-hybridized carbons (Fsp3) is 0.464. The summed E-state index contributed by atoms with van der Waals surface area (Å²) in [5, 5.41) is 16.2. The van der Waals surface area contributed by atoms with E-state index in [4.69, 9.17) is 14.2 Å². The maximum atomic E-state index is 13.4. The fourth-order valence-electron chi connectivity index (χ4n) is 5.22. The van der Waals surface area contributed by atoms with E-state index < -0.39 is 41.7 Å². The van der Waals surface area contributed by atoms with Gasteiger partial charge in [0, 0.05) is 25.6 Å².